The van der Waals surface area contributed by atoms with Crippen LogP contribution in [0, 0.1) is 17.8 Å². The molecule has 0 aromatic carbocycles. The Morgan fingerprint density at radius 3 is 2.33 bits per heavy atom. The first-order valence-electron chi connectivity index (χ1n) is 5.96. The third kappa shape index (κ3) is 2.03. The van der Waals surface area contributed by atoms with Gasteiger partial charge in [0.25, 0.3) is 0 Å². The molecule has 2 unspecified atom stereocenters. The van der Waals surface area contributed by atoms with Gasteiger partial charge in [-0.05, 0) is 26.7 Å². The van der Waals surface area contributed by atoms with Gasteiger partial charge in [0.05, 0.1) is 11.7 Å². The van der Waals surface area contributed by atoms with Gasteiger partial charge in [0.2, 0.25) is 0 Å². The number of fused-ring (bicyclic) bond motifs is 2. The Morgan fingerprint density at radius 2 is 1.87 bits per heavy atom. The lowest BCUT2D eigenvalue weighted by atomic mass is 9.92. The highest BCUT2D eigenvalue weighted by atomic mass is 16.5. The molecule has 0 N–H and O–H groups in total. The predicted octanol–water partition coefficient (Wildman–Crippen LogP) is 3.57. The first-order chi connectivity index (χ1) is 6.88. The molecule has 0 spiro atoms. The van der Waals surface area contributed by atoms with Crippen molar-refractivity contribution in [1.29, 1.82) is 0 Å². The summed E-state index contributed by atoms with van der Waals surface area (Å²) in [6.45, 7) is 11.0. The Hall–Kier alpha value is -0.560. The van der Waals surface area contributed by atoms with Crippen molar-refractivity contribution in [2.24, 2.45) is 17.8 Å². The van der Waals surface area contributed by atoms with Crippen LogP contribution in [0.25, 0.3) is 0 Å². The first-order valence-corrected chi connectivity index (χ1v) is 5.96. The molecule has 0 aromatic rings. The van der Waals surface area contributed by atoms with Gasteiger partial charge in [0.1, 0.15) is 0 Å². The number of hydrogen-bond acceptors (Lipinski definition) is 1. The van der Waals surface area contributed by atoms with Crippen molar-refractivity contribution < 1.29 is 4.74 Å². The molecule has 2 aliphatic carbocycles. The van der Waals surface area contributed by atoms with E-state index >= 15 is 0 Å². The lowest BCUT2D eigenvalue weighted by Gasteiger charge is -2.29. The highest BCUT2D eigenvalue weighted by Crippen LogP contribution is 2.44. The van der Waals surface area contributed by atoms with Crippen LogP contribution in [0.15, 0.2) is 23.8 Å². The minimum Gasteiger partial charge on any atom is -0.371 e. The van der Waals surface area contributed by atoms with Crippen LogP contribution in [-0.4, -0.2) is 11.7 Å². The van der Waals surface area contributed by atoms with E-state index in [-0.39, 0.29) is 5.60 Å². The summed E-state index contributed by atoms with van der Waals surface area (Å²) in [4.78, 5) is 0. The SMILES string of the molecule is CC(C)C1=CC2C=CC1[C@@H]2OC(C)(C)C. The van der Waals surface area contributed by atoms with E-state index in [1.807, 2.05) is 0 Å². The van der Waals surface area contributed by atoms with E-state index in [9.17, 15) is 0 Å². The van der Waals surface area contributed by atoms with Crippen LogP contribution in [0.3, 0.4) is 0 Å². The normalized spacial score (nSPS) is 34.0. The zero-order valence-electron chi connectivity index (χ0n) is 10.4. The number of rotatable bonds is 2. The minimum absolute atomic E-state index is 0.0343. The lowest BCUT2D eigenvalue weighted by molar-refractivity contribution is -0.0733. The van der Waals surface area contributed by atoms with Crippen LogP contribution in [0.1, 0.15) is 34.6 Å². The maximum absolute atomic E-state index is 6.15. The molecule has 1 nitrogen and oxygen atoms in total. The van der Waals surface area contributed by atoms with Crippen LogP contribution >= 0.6 is 0 Å². The van der Waals surface area contributed by atoms with Gasteiger partial charge in [0.15, 0.2) is 0 Å². The minimum atomic E-state index is -0.0343. The van der Waals surface area contributed by atoms with Gasteiger partial charge in [0, 0.05) is 11.8 Å². The summed E-state index contributed by atoms with van der Waals surface area (Å²) in [7, 11) is 0. The molecule has 0 fully saturated rings. The summed E-state index contributed by atoms with van der Waals surface area (Å²) in [5.74, 6) is 1.71. The van der Waals surface area contributed by atoms with E-state index < -0.39 is 0 Å². The number of ether oxygens (including phenoxy) is 1. The van der Waals surface area contributed by atoms with Crippen LogP contribution in [0.4, 0.5) is 0 Å². The standard InChI is InChI=1S/C14H22O/c1-9(2)12-8-10-6-7-11(12)13(10)15-14(3,4)5/h6-11,13H,1-5H3/t10?,11?,13-/m1/s1. The average Bonchev–Trinajstić information content (AvgIpc) is 2.59. The van der Waals surface area contributed by atoms with Crippen molar-refractivity contribution in [2.45, 2.75) is 46.3 Å². The van der Waals surface area contributed by atoms with Crippen molar-refractivity contribution >= 4 is 0 Å². The van der Waals surface area contributed by atoms with Gasteiger partial charge in [-0.3, -0.25) is 0 Å². The predicted molar refractivity (Wildman–Crippen MR) is 63.7 cm³/mol. The second-order valence-electron chi connectivity index (χ2n) is 6.00. The molecule has 3 atom stereocenters. The Morgan fingerprint density at radius 1 is 1.20 bits per heavy atom. The molecule has 0 radical (unpaired) electrons. The fourth-order valence-electron chi connectivity index (χ4n) is 2.63. The molecule has 15 heavy (non-hydrogen) atoms. The molecule has 0 saturated carbocycles. The van der Waals surface area contributed by atoms with Crippen molar-refractivity contribution in [2.75, 3.05) is 0 Å². The van der Waals surface area contributed by atoms with Crippen LogP contribution < -0.4 is 0 Å². The van der Waals surface area contributed by atoms with Gasteiger partial charge >= 0.3 is 0 Å². The second-order valence-corrected chi connectivity index (χ2v) is 6.00. The fourth-order valence-corrected chi connectivity index (χ4v) is 2.63. The highest BCUT2D eigenvalue weighted by molar-refractivity contribution is 5.35. The Balaban J connectivity index is 2.10. The smallest absolute Gasteiger partial charge is 0.0779 e. The molecule has 2 aliphatic rings. The van der Waals surface area contributed by atoms with E-state index in [4.69, 9.17) is 4.74 Å². The van der Waals surface area contributed by atoms with Gasteiger partial charge in [-0.25, -0.2) is 0 Å². The van der Waals surface area contributed by atoms with E-state index in [1.54, 1.807) is 5.57 Å². The molecule has 0 heterocycles. The van der Waals surface area contributed by atoms with Crippen molar-refractivity contribution in [3.8, 4) is 0 Å². The summed E-state index contributed by atoms with van der Waals surface area (Å²) in [5.41, 5.74) is 1.53. The average molecular weight is 206 g/mol. The number of hydrogen-bond donors (Lipinski definition) is 0. The molecule has 0 amide bonds. The molecule has 0 aromatic heterocycles. The largest absolute Gasteiger partial charge is 0.371 e. The van der Waals surface area contributed by atoms with E-state index in [0.29, 0.717) is 23.9 Å². The van der Waals surface area contributed by atoms with Crippen molar-refractivity contribution in [3.05, 3.63) is 23.8 Å². The third-order valence-corrected chi connectivity index (χ3v) is 3.20. The molecular weight excluding hydrogens is 184 g/mol. The van der Waals surface area contributed by atoms with Gasteiger partial charge in [-0.15, -0.1) is 0 Å². The van der Waals surface area contributed by atoms with Crippen LogP contribution in [0.2, 0.25) is 0 Å². The Labute approximate surface area is 93.2 Å². The summed E-state index contributed by atoms with van der Waals surface area (Å²) in [6, 6.07) is 0. The molecule has 84 valence electrons. The molecule has 0 saturated heterocycles. The van der Waals surface area contributed by atoms with E-state index in [0.717, 1.165) is 0 Å². The zero-order valence-corrected chi connectivity index (χ0v) is 10.4. The maximum Gasteiger partial charge on any atom is 0.0779 e. The highest BCUT2D eigenvalue weighted by Gasteiger charge is 2.41. The molecule has 2 bridgehead atoms. The molecular formula is C14H22O. The van der Waals surface area contributed by atoms with Crippen molar-refractivity contribution in [1.82, 2.24) is 0 Å². The summed E-state index contributed by atoms with van der Waals surface area (Å²) in [5, 5.41) is 0. The first kappa shape index (κ1) is 10.9. The third-order valence-electron chi connectivity index (χ3n) is 3.20. The van der Waals surface area contributed by atoms with Gasteiger partial charge in [-0.2, -0.15) is 0 Å². The van der Waals surface area contributed by atoms with E-state index in [2.05, 4.69) is 52.8 Å². The summed E-state index contributed by atoms with van der Waals surface area (Å²) in [6.07, 6.45) is 7.40. The lowest BCUT2D eigenvalue weighted by Crippen LogP contribution is -2.32. The Bertz CT molecular complexity index is 304. The quantitative estimate of drug-likeness (QED) is 0.628. The second kappa shape index (κ2) is 3.48. The van der Waals surface area contributed by atoms with E-state index in [1.165, 1.54) is 0 Å². The van der Waals surface area contributed by atoms with Crippen LogP contribution in [0.5, 0.6) is 0 Å². The topological polar surface area (TPSA) is 9.23 Å². The molecule has 2 rings (SSSR count). The fraction of sp³-hybridized carbons (Fsp3) is 0.714. The van der Waals surface area contributed by atoms with Gasteiger partial charge in [-0.1, -0.05) is 37.6 Å². The molecule has 0 aliphatic heterocycles. The maximum atomic E-state index is 6.15. The monoisotopic (exact) mass is 206 g/mol. The van der Waals surface area contributed by atoms with Crippen LogP contribution in [-0.2, 0) is 4.74 Å². The Kier molecular flexibility index (Phi) is 2.54. The van der Waals surface area contributed by atoms with Gasteiger partial charge < -0.3 is 4.74 Å². The molecule has 1 heteroatoms. The van der Waals surface area contributed by atoms with Crippen molar-refractivity contribution in [3.63, 3.8) is 0 Å². The summed E-state index contributed by atoms with van der Waals surface area (Å²) < 4.78 is 6.15. The summed E-state index contributed by atoms with van der Waals surface area (Å²) >= 11 is 0. The zero-order chi connectivity index (χ0) is 11.2.